The molecule has 1 aromatic carbocycles. The Hall–Kier alpha value is -0.980. The number of hydrogen-bond acceptors (Lipinski definition) is 1. The lowest BCUT2D eigenvalue weighted by molar-refractivity contribution is 0.922. The molecule has 0 heterocycles. The Labute approximate surface area is 100 Å². The van der Waals surface area contributed by atoms with Gasteiger partial charge in [-0.1, -0.05) is 32.9 Å². The molecule has 1 aromatic rings. The van der Waals surface area contributed by atoms with Crippen molar-refractivity contribution < 1.29 is 0 Å². The number of aryl methyl sites for hydroxylation is 3. The van der Waals surface area contributed by atoms with Gasteiger partial charge in [0.1, 0.15) is 0 Å². The summed E-state index contributed by atoms with van der Waals surface area (Å²) in [5, 5.41) is 0. The van der Waals surface area contributed by atoms with E-state index in [9.17, 15) is 0 Å². The van der Waals surface area contributed by atoms with Crippen molar-refractivity contribution in [3.05, 3.63) is 28.8 Å². The summed E-state index contributed by atoms with van der Waals surface area (Å²) in [4.78, 5) is 2.37. The van der Waals surface area contributed by atoms with Crippen molar-refractivity contribution in [3.8, 4) is 0 Å². The zero-order valence-electron chi connectivity index (χ0n) is 11.4. The molecule has 16 heavy (non-hydrogen) atoms. The SMILES string of the molecule is CCc1cc(CC)c(N(C)CC)c(CC)c1. The molecule has 1 nitrogen and oxygen atoms in total. The van der Waals surface area contributed by atoms with Crippen molar-refractivity contribution in [2.75, 3.05) is 18.5 Å². The second kappa shape index (κ2) is 5.93. The molecule has 90 valence electrons. The van der Waals surface area contributed by atoms with Crippen LogP contribution in [0.3, 0.4) is 0 Å². The molecule has 0 radical (unpaired) electrons. The minimum atomic E-state index is 1.07. The maximum absolute atomic E-state index is 2.38. The van der Waals surface area contributed by atoms with E-state index in [1.54, 1.807) is 0 Å². The van der Waals surface area contributed by atoms with Gasteiger partial charge in [-0.25, -0.2) is 0 Å². The maximum atomic E-state index is 2.38. The lowest BCUT2D eigenvalue weighted by Gasteiger charge is -2.24. The number of hydrogen-bond donors (Lipinski definition) is 0. The highest BCUT2D eigenvalue weighted by Gasteiger charge is 2.11. The summed E-state index contributed by atoms with van der Waals surface area (Å²) in [6.07, 6.45) is 3.39. The van der Waals surface area contributed by atoms with Crippen LogP contribution < -0.4 is 4.90 Å². The van der Waals surface area contributed by atoms with Gasteiger partial charge in [0.15, 0.2) is 0 Å². The fourth-order valence-electron chi connectivity index (χ4n) is 2.22. The summed E-state index contributed by atoms with van der Waals surface area (Å²) in [5.41, 5.74) is 5.94. The first-order valence-corrected chi connectivity index (χ1v) is 6.53. The van der Waals surface area contributed by atoms with E-state index in [0.717, 1.165) is 25.8 Å². The van der Waals surface area contributed by atoms with Crippen LogP contribution in [0.4, 0.5) is 5.69 Å². The predicted molar refractivity (Wildman–Crippen MR) is 73.5 cm³/mol. The number of anilines is 1. The van der Waals surface area contributed by atoms with Gasteiger partial charge >= 0.3 is 0 Å². The van der Waals surface area contributed by atoms with Crippen LogP contribution in [0, 0.1) is 0 Å². The normalized spacial score (nSPS) is 10.6. The molecule has 0 saturated heterocycles. The first-order chi connectivity index (χ1) is 7.67. The summed E-state index contributed by atoms with van der Waals surface area (Å²) in [6.45, 7) is 10.0. The van der Waals surface area contributed by atoms with E-state index in [0.29, 0.717) is 0 Å². The van der Waals surface area contributed by atoms with Crippen LogP contribution in [-0.2, 0) is 19.3 Å². The molecule has 1 heteroatoms. The first kappa shape index (κ1) is 13.1. The maximum Gasteiger partial charge on any atom is 0.0428 e. The zero-order chi connectivity index (χ0) is 12.1. The Bertz CT molecular complexity index is 316. The van der Waals surface area contributed by atoms with Crippen molar-refractivity contribution in [2.24, 2.45) is 0 Å². The lowest BCUT2D eigenvalue weighted by Crippen LogP contribution is -2.19. The van der Waals surface area contributed by atoms with Crippen LogP contribution >= 0.6 is 0 Å². The zero-order valence-corrected chi connectivity index (χ0v) is 11.4. The predicted octanol–water partition coefficient (Wildman–Crippen LogP) is 3.83. The molecule has 0 fully saturated rings. The largest absolute Gasteiger partial charge is 0.374 e. The van der Waals surface area contributed by atoms with Crippen LogP contribution in [0.15, 0.2) is 12.1 Å². The number of rotatable bonds is 5. The van der Waals surface area contributed by atoms with Crippen LogP contribution in [0.5, 0.6) is 0 Å². The molecule has 0 spiro atoms. The van der Waals surface area contributed by atoms with Crippen molar-refractivity contribution in [1.82, 2.24) is 0 Å². The quantitative estimate of drug-likeness (QED) is 0.727. The van der Waals surface area contributed by atoms with Crippen LogP contribution in [0.2, 0.25) is 0 Å². The second-order valence-electron chi connectivity index (χ2n) is 4.34. The van der Waals surface area contributed by atoms with Gasteiger partial charge in [0.25, 0.3) is 0 Å². The van der Waals surface area contributed by atoms with Gasteiger partial charge in [-0.3, -0.25) is 0 Å². The van der Waals surface area contributed by atoms with Gasteiger partial charge in [0.05, 0.1) is 0 Å². The van der Waals surface area contributed by atoms with E-state index in [1.807, 2.05) is 0 Å². The van der Waals surface area contributed by atoms with Gasteiger partial charge in [-0.05, 0) is 42.9 Å². The molecule has 0 atom stereocenters. The molecule has 1 rings (SSSR count). The molecule has 0 amide bonds. The molecule has 0 aliphatic carbocycles. The molecule has 0 aliphatic rings. The molecular formula is C15H25N. The van der Waals surface area contributed by atoms with Crippen molar-refractivity contribution in [2.45, 2.75) is 47.0 Å². The van der Waals surface area contributed by atoms with Gasteiger partial charge in [-0.15, -0.1) is 0 Å². The summed E-state index contributed by atoms with van der Waals surface area (Å²) in [7, 11) is 2.19. The Morgan fingerprint density at radius 1 is 0.875 bits per heavy atom. The Balaban J connectivity index is 3.31. The van der Waals surface area contributed by atoms with Crippen molar-refractivity contribution in [3.63, 3.8) is 0 Å². The topological polar surface area (TPSA) is 3.24 Å². The molecular weight excluding hydrogens is 194 g/mol. The van der Waals surface area contributed by atoms with E-state index in [2.05, 4.69) is 51.8 Å². The Kier molecular flexibility index (Phi) is 4.85. The summed E-state index contributed by atoms with van der Waals surface area (Å²) >= 11 is 0. The highest BCUT2D eigenvalue weighted by Crippen LogP contribution is 2.28. The van der Waals surface area contributed by atoms with E-state index >= 15 is 0 Å². The van der Waals surface area contributed by atoms with Crippen molar-refractivity contribution >= 4 is 5.69 Å². The second-order valence-corrected chi connectivity index (χ2v) is 4.34. The summed E-state index contributed by atoms with van der Waals surface area (Å²) in [5.74, 6) is 0. The molecule has 0 unspecified atom stereocenters. The van der Waals surface area contributed by atoms with E-state index in [1.165, 1.54) is 22.4 Å². The molecule has 0 bridgehead atoms. The minimum absolute atomic E-state index is 1.07. The molecule has 0 aromatic heterocycles. The average molecular weight is 219 g/mol. The van der Waals surface area contributed by atoms with Crippen molar-refractivity contribution in [1.29, 1.82) is 0 Å². The smallest absolute Gasteiger partial charge is 0.0428 e. The summed E-state index contributed by atoms with van der Waals surface area (Å²) in [6, 6.07) is 4.75. The molecule has 0 aliphatic heterocycles. The lowest BCUT2D eigenvalue weighted by atomic mass is 9.97. The third-order valence-electron chi connectivity index (χ3n) is 3.35. The Morgan fingerprint density at radius 2 is 1.38 bits per heavy atom. The van der Waals surface area contributed by atoms with E-state index in [4.69, 9.17) is 0 Å². The summed E-state index contributed by atoms with van der Waals surface area (Å²) < 4.78 is 0. The monoisotopic (exact) mass is 219 g/mol. The van der Waals surface area contributed by atoms with Crippen LogP contribution in [0.1, 0.15) is 44.4 Å². The highest BCUT2D eigenvalue weighted by atomic mass is 15.1. The van der Waals surface area contributed by atoms with Crippen LogP contribution in [-0.4, -0.2) is 13.6 Å². The van der Waals surface area contributed by atoms with Gasteiger partial charge in [-0.2, -0.15) is 0 Å². The molecule has 0 N–H and O–H groups in total. The third-order valence-corrected chi connectivity index (χ3v) is 3.35. The first-order valence-electron chi connectivity index (χ1n) is 6.53. The standard InChI is InChI=1S/C15H25N/c1-6-12-10-13(7-2)15(16(5)9-4)14(8-3)11-12/h10-11H,6-9H2,1-5H3. The third kappa shape index (κ3) is 2.58. The number of benzene rings is 1. The Morgan fingerprint density at radius 3 is 1.69 bits per heavy atom. The number of nitrogens with zero attached hydrogens (tertiary/aromatic N) is 1. The highest BCUT2D eigenvalue weighted by molar-refractivity contribution is 5.61. The fraction of sp³-hybridized carbons (Fsp3) is 0.600. The fourth-order valence-corrected chi connectivity index (χ4v) is 2.22. The van der Waals surface area contributed by atoms with E-state index in [-0.39, 0.29) is 0 Å². The van der Waals surface area contributed by atoms with Gasteiger partial charge in [0.2, 0.25) is 0 Å². The van der Waals surface area contributed by atoms with E-state index < -0.39 is 0 Å². The molecule has 0 saturated carbocycles. The van der Waals surface area contributed by atoms with Crippen LogP contribution in [0.25, 0.3) is 0 Å². The average Bonchev–Trinajstić information content (AvgIpc) is 2.35. The minimum Gasteiger partial charge on any atom is -0.374 e. The van der Waals surface area contributed by atoms with Gasteiger partial charge < -0.3 is 4.90 Å². The van der Waals surface area contributed by atoms with Gasteiger partial charge in [0, 0.05) is 19.3 Å².